The molecule has 18 heavy (non-hydrogen) atoms. The van der Waals surface area contributed by atoms with Crippen LogP contribution in [0.25, 0.3) is 0 Å². The Hall–Kier alpha value is -2.10. The first-order chi connectivity index (χ1) is 8.63. The molecule has 4 heteroatoms. The summed E-state index contributed by atoms with van der Waals surface area (Å²) in [6.45, 7) is 3.45. The molecule has 0 aromatic heterocycles. The van der Waals surface area contributed by atoms with Gasteiger partial charge in [0.2, 0.25) is 0 Å². The van der Waals surface area contributed by atoms with Crippen molar-refractivity contribution in [2.24, 2.45) is 0 Å². The Balaban J connectivity index is 2.47. The fourth-order valence-corrected chi connectivity index (χ4v) is 1.25. The van der Waals surface area contributed by atoms with Crippen LogP contribution in [-0.2, 0) is 14.3 Å². The van der Waals surface area contributed by atoms with E-state index in [0.29, 0.717) is 5.69 Å². The second-order valence-electron chi connectivity index (χ2n) is 3.75. The zero-order chi connectivity index (χ0) is 13.4. The molecule has 0 spiro atoms. The third kappa shape index (κ3) is 4.82. The van der Waals surface area contributed by atoms with Gasteiger partial charge in [0.05, 0.1) is 0 Å². The number of rotatable bonds is 5. The number of para-hydroxylation sites is 1. The molecule has 1 aromatic rings. The molecule has 0 bridgehead atoms. The van der Waals surface area contributed by atoms with Gasteiger partial charge in [-0.2, -0.15) is 0 Å². The summed E-state index contributed by atoms with van der Waals surface area (Å²) in [6.07, 6.45) is 2.94. The van der Waals surface area contributed by atoms with Crippen LogP contribution >= 0.6 is 0 Å². The van der Waals surface area contributed by atoms with Crippen LogP contribution in [0.2, 0.25) is 0 Å². The molecule has 1 atom stereocenters. The molecule has 0 saturated carbocycles. The largest absolute Gasteiger partial charge is 0.449 e. The summed E-state index contributed by atoms with van der Waals surface area (Å²) in [5.74, 6) is -0.855. The first-order valence-corrected chi connectivity index (χ1v) is 5.86. The lowest BCUT2D eigenvalue weighted by molar-refractivity contribution is -0.148. The van der Waals surface area contributed by atoms with Gasteiger partial charge in [-0.05, 0) is 25.5 Å². The van der Waals surface area contributed by atoms with Crippen LogP contribution in [0, 0.1) is 0 Å². The number of carbonyl (C=O) groups is 2. The number of esters is 1. The second kappa shape index (κ2) is 7.27. The lowest BCUT2D eigenvalue weighted by atomic mass is 10.3. The van der Waals surface area contributed by atoms with Crippen molar-refractivity contribution in [2.45, 2.75) is 26.4 Å². The summed E-state index contributed by atoms with van der Waals surface area (Å²) in [5.41, 5.74) is 0.675. The van der Waals surface area contributed by atoms with Crippen molar-refractivity contribution in [1.82, 2.24) is 0 Å². The summed E-state index contributed by atoms with van der Waals surface area (Å²) in [7, 11) is 0. The molecule has 0 fully saturated rings. The van der Waals surface area contributed by atoms with Gasteiger partial charge in [-0.1, -0.05) is 31.2 Å². The van der Waals surface area contributed by atoms with Crippen LogP contribution < -0.4 is 5.32 Å². The minimum Gasteiger partial charge on any atom is -0.449 e. The van der Waals surface area contributed by atoms with Gasteiger partial charge in [0.25, 0.3) is 5.91 Å². The van der Waals surface area contributed by atoms with Gasteiger partial charge in [0.15, 0.2) is 6.10 Å². The van der Waals surface area contributed by atoms with Gasteiger partial charge in [-0.15, -0.1) is 0 Å². The zero-order valence-electron chi connectivity index (χ0n) is 10.6. The number of hydrogen-bond acceptors (Lipinski definition) is 3. The van der Waals surface area contributed by atoms with Crippen LogP contribution in [0.4, 0.5) is 5.69 Å². The molecule has 0 aliphatic rings. The predicted octanol–water partition coefficient (Wildman–Crippen LogP) is 2.52. The Morgan fingerprint density at radius 2 is 2.00 bits per heavy atom. The number of carbonyl (C=O) groups excluding carboxylic acids is 2. The molecule has 1 aromatic carbocycles. The number of benzene rings is 1. The average molecular weight is 247 g/mol. The number of hydrogen-bond donors (Lipinski definition) is 1. The summed E-state index contributed by atoms with van der Waals surface area (Å²) in [5, 5.41) is 2.66. The Labute approximate surface area is 107 Å². The Morgan fingerprint density at radius 1 is 1.33 bits per heavy atom. The molecule has 1 unspecified atom stereocenters. The summed E-state index contributed by atoms with van der Waals surface area (Å²) in [4.78, 5) is 23.0. The van der Waals surface area contributed by atoms with Crippen molar-refractivity contribution in [2.75, 3.05) is 5.32 Å². The predicted molar refractivity (Wildman–Crippen MR) is 70.1 cm³/mol. The molecule has 0 saturated heterocycles. The van der Waals surface area contributed by atoms with E-state index >= 15 is 0 Å². The van der Waals surface area contributed by atoms with Gasteiger partial charge in [-0.25, -0.2) is 4.79 Å². The molecule has 0 aliphatic carbocycles. The molecule has 0 heterocycles. The molecular formula is C14H17NO3. The van der Waals surface area contributed by atoms with Gasteiger partial charge in [0.1, 0.15) is 0 Å². The highest BCUT2D eigenvalue weighted by Crippen LogP contribution is 2.06. The molecule has 96 valence electrons. The van der Waals surface area contributed by atoms with Gasteiger partial charge < -0.3 is 10.1 Å². The Kier molecular flexibility index (Phi) is 5.64. The lowest BCUT2D eigenvalue weighted by Gasteiger charge is -2.12. The summed E-state index contributed by atoms with van der Waals surface area (Å²) in [6, 6.07) is 9.02. The van der Waals surface area contributed by atoms with Gasteiger partial charge in [-0.3, -0.25) is 4.79 Å². The van der Waals surface area contributed by atoms with Crippen LogP contribution in [0.1, 0.15) is 20.3 Å². The summed E-state index contributed by atoms with van der Waals surface area (Å²) < 4.78 is 4.95. The molecule has 1 rings (SSSR count). The number of amides is 1. The Morgan fingerprint density at radius 3 is 2.61 bits per heavy atom. The zero-order valence-corrected chi connectivity index (χ0v) is 10.6. The van der Waals surface area contributed by atoms with E-state index in [1.54, 1.807) is 18.2 Å². The van der Waals surface area contributed by atoms with E-state index in [9.17, 15) is 9.59 Å². The number of allylic oxidation sites excluding steroid dienone is 1. The maximum Gasteiger partial charge on any atom is 0.331 e. The van der Waals surface area contributed by atoms with Gasteiger partial charge in [0, 0.05) is 11.8 Å². The van der Waals surface area contributed by atoms with E-state index in [2.05, 4.69) is 5.32 Å². The highest BCUT2D eigenvalue weighted by atomic mass is 16.5. The molecule has 1 N–H and O–H groups in total. The standard InChI is InChI=1S/C14H17NO3/c1-3-4-10-13(16)18-11(2)14(17)15-12-8-6-5-7-9-12/h4-11H,3H2,1-2H3,(H,15,17). The van der Waals surface area contributed by atoms with E-state index in [4.69, 9.17) is 4.74 Å². The number of ether oxygens (including phenoxy) is 1. The second-order valence-corrected chi connectivity index (χ2v) is 3.75. The SMILES string of the molecule is CCC=CC(=O)OC(C)C(=O)Nc1ccccc1. The minimum absolute atomic E-state index is 0.348. The third-order valence-corrected chi connectivity index (χ3v) is 2.19. The average Bonchev–Trinajstić information content (AvgIpc) is 2.37. The van der Waals surface area contributed by atoms with E-state index in [-0.39, 0.29) is 5.91 Å². The molecule has 1 amide bonds. The first-order valence-electron chi connectivity index (χ1n) is 5.86. The van der Waals surface area contributed by atoms with E-state index < -0.39 is 12.1 Å². The van der Waals surface area contributed by atoms with Gasteiger partial charge >= 0.3 is 5.97 Å². The van der Waals surface area contributed by atoms with Crippen LogP contribution in [0.3, 0.4) is 0 Å². The quantitative estimate of drug-likeness (QED) is 0.642. The van der Waals surface area contributed by atoms with E-state index in [1.165, 1.54) is 13.0 Å². The number of anilines is 1. The fraction of sp³-hybridized carbons (Fsp3) is 0.286. The number of nitrogens with one attached hydrogen (secondary N) is 1. The van der Waals surface area contributed by atoms with Crippen molar-refractivity contribution in [3.8, 4) is 0 Å². The topological polar surface area (TPSA) is 55.4 Å². The highest BCUT2D eigenvalue weighted by molar-refractivity contribution is 5.95. The van der Waals surface area contributed by atoms with Crippen LogP contribution in [0.5, 0.6) is 0 Å². The molecular weight excluding hydrogens is 230 g/mol. The van der Waals surface area contributed by atoms with Crippen LogP contribution in [-0.4, -0.2) is 18.0 Å². The first kappa shape index (κ1) is 14.0. The highest BCUT2D eigenvalue weighted by Gasteiger charge is 2.16. The van der Waals surface area contributed by atoms with E-state index in [0.717, 1.165) is 6.42 Å². The molecule has 0 aliphatic heterocycles. The van der Waals surface area contributed by atoms with Crippen molar-refractivity contribution in [1.29, 1.82) is 0 Å². The monoisotopic (exact) mass is 247 g/mol. The summed E-state index contributed by atoms with van der Waals surface area (Å²) >= 11 is 0. The molecule has 4 nitrogen and oxygen atoms in total. The fourth-order valence-electron chi connectivity index (χ4n) is 1.25. The smallest absolute Gasteiger partial charge is 0.331 e. The maximum atomic E-state index is 11.7. The van der Waals surface area contributed by atoms with Crippen LogP contribution in [0.15, 0.2) is 42.5 Å². The van der Waals surface area contributed by atoms with E-state index in [1.807, 2.05) is 25.1 Å². The lowest BCUT2D eigenvalue weighted by Crippen LogP contribution is -2.29. The molecule has 0 radical (unpaired) electrons. The Bertz CT molecular complexity index is 426. The van der Waals surface area contributed by atoms with Crippen molar-refractivity contribution >= 4 is 17.6 Å². The van der Waals surface area contributed by atoms with Crippen molar-refractivity contribution in [3.63, 3.8) is 0 Å². The maximum absolute atomic E-state index is 11.7. The minimum atomic E-state index is -0.820. The van der Waals surface area contributed by atoms with Crippen molar-refractivity contribution < 1.29 is 14.3 Å². The normalized spacial score (nSPS) is 12.1. The third-order valence-electron chi connectivity index (χ3n) is 2.19. The van der Waals surface area contributed by atoms with Crippen molar-refractivity contribution in [3.05, 3.63) is 42.5 Å².